The Labute approximate surface area is 174 Å². The zero-order valence-electron chi connectivity index (χ0n) is 18.1. The highest BCUT2D eigenvalue weighted by Crippen LogP contribution is 2.44. The predicted molar refractivity (Wildman–Crippen MR) is 121 cm³/mol. The molecule has 1 aliphatic heterocycles. The van der Waals surface area contributed by atoms with Crippen LogP contribution in [0.2, 0.25) is 0 Å². The third-order valence-corrected chi connectivity index (χ3v) is 6.80. The summed E-state index contributed by atoms with van der Waals surface area (Å²) in [6.45, 7) is 7.13. The van der Waals surface area contributed by atoms with Gasteiger partial charge in [-0.15, -0.1) is 0 Å². The standard InChI is InChI=1S/C25H33N3O/c1-5-6-8-16(2)18-10-11-19-20(17(18)3)15-27-22(19)13-24-25(29-4)14-23(28-24)21-9-7-12-26-21/h7,9,12-18,26,28H,5-6,8,10-11H2,1-4H3/b22-13+. The van der Waals surface area contributed by atoms with Gasteiger partial charge in [0, 0.05) is 18.5 Å². The van der Waals surface area contributed by atoms with Crippen LogP contribution in [0.4, 0.5) is 0 Å². The smallest absolute Gasteiger partial charge is 0.144 e. The lowest BCUT2D eigenvalue weighted by Crippen LogP contribution is -2.25. The molecule has 4 nitrogen and oxygen atoms in total. The van der Waals surface area contributed by atoms with Crippen LogP contribution in [0.3, 0.4) is 0 Å². The van der Waals surface area contributed by atoms with Crippen LogP contribution >= 0.6 is 0 Å². The molecule has 3 unspecified atom stereocenters. The average molecular weight is 392 g/mol. The van der Waals surface area contributed by atoms with Gasteiger partial charge < -0.3 is 14.7 Å². The van der Waals surface area contributed by atoms with Crippen LogP contribution in [0.1, 0.15) is 58.6 Å². The molecule has 0 bridgehead atoms. The van der Waals surface area contributed by atoms with Gasteiger partial charge in [0.15, 0.2) is 0 Å². The fourth-order valence-corrected chi connectivity index (χ4v) is 5.05. The molecule has 1 aliphatic carbocycles. The fourth-order valence-electron chi connectivity index (χ4n) is 5.05. The van der Waals surface area contributed by atoms with Crippen molar-refractivity contribution < 1.29 is 4.74 Å². The van der Waals surface area contributed by atoms with Gasteiger partial charge >= 0.3 is 0 Å². The molecule has 3 heterocycles. The Morgan fingerprint density at radius 1 is 1.34 bits per heavy atom. The lowest BCUT2D eigenvalue weighted by atomic mass is 9.70. The van der Waals surface area contributed by atoms with E-state index in [4.69, 9.17) is 9.73 Å². The Morgan fingerprint density at radius 3 is 2.93 bits per heavy atom. The normalized spacial score (nSPS) is 23.7. The zero-order valence-corrected chi connectivity index (χ0v) is 18.1. The predicted octanol–water partition coefficient (Wildman–Crippen LogP) is 6.61. The van der Waals surface area contributed by atoms with Crippen molar-refractivity contribution in [1.82, 2.24) is 9.97 Å². The van der Waals surface area contributed by atoms with Crippen LogP contribution in [-0.2, 0) is 0 Å². The van der Waals surface area contributed by atoms with Gasteiger partial charge in [0.25, 0.3) is 0 Å². The minimum Gasteiger partial charge on any atom is -0.494 e. The second kappa shape index (κ2) is 8.48. The van der Waals surface area contributed by atoms with Gasteiger partial charge in [-0.2, -0.15) is 0 Å². The van der Waals surface area contributed by atoms with E-state index in [1.54, 1.807) is 7.11 Å². The molecule has 4 heteroatoms. The van der Waals surface area contributed by atoms with Gasteiger partial charge in [-0.05, 0) is 60.0 Å². The number of aliphatic imine (C=N–C) groups is 1. The highest BCUT2D eigenvalue weighted by Gasteiger charge is 2.34. The monoisotopic (exact) mass is 391 g/mol. The van der Waals surface area contributed by atoms with Crippen LogP contribution in [0.25, 0.3) is 17.5 Å². The Balaban J connectivity index is 1.59. The van der Waals surface area contributed by atoms with Gasteiger partial charge in [-0.25, -0.2) is 0 Å². The van der Waals surface area contributed by atoms with Gasteiger partial charge in [-0.3, -0.25) is 4.99 Å². The molecule has 0 aromatic carbocycles. The summed E-state index contributed by atoms with van der Waals surface area (Å²) in [6.07, 6.45) is 12.6. The highest BCUT2D eigenvalue weighted by atomic mass is 16.5. The number of methoxy groups -OCH3 is 1. The molecule has 0 saturated carbocycles. The minimum atomic E-state index is 0.584. The maximum atomic E-state index is 5.62. The molecule has 154 valence electrons. The third-order valence-electron chi connectivity index (χ3n) is 6.80. The number of aromatic nitrogens is 2. The van der Waals surface area contributed by atoms with Crippen LogP contribution < -0.4 is 4.74 Å². The molecule has 0 fully saturated rings. The summed E-state index contributed by atoms with van der Waals surface area (Å²) in [7, 11) is 1.72. The van der Waals surface area contributed by atoms with Crippen LogP contribution in [0, 0.1) is 17.8 Å². The van der Waals surface area contributed by atoms with E-state index in [1.807, 2.05) is 18.3 Å². The number of aromatic amines is 2. The SMILES string of the molecule is CCCCC(C)C1CCC2=C(C=N/C2=C/c2[nH]c(-c3ccc[nH]3)cc2OC)C1C. The molecule has 4 rings (SSSR count). The molecule has 2 aromatic heterocycles. The van der Waals surface area contributed by atoms with Crippen molar-refractivity contribution in [1.29, 1.82) is 0 Å². The molecule has 2 aliphatic rings. The van der Waals surface area contributed by atoms with E-state index in [0.717, 1.165) is 46.8 Å². The number of H-pyrrole nitrogens is 2. The van der Waals surface area contributed by atoms with E-state index >= 15 is 0 Å². The first kappa shape index (κ1) is 19.8. The topological polar surface area (TPSA) is 53.2 Å². The van der Waals surface area contributed by atoms with Crippen LogP contribution in [-0.4, -0.2) is 23.3 Å². The minimum absolute atomic E-state index is 0.584. The highest BCUT2D eigenvalue weighted by molar-refractivity contribution is 5.89. The largest absolute Gasteiger partial charge is 0.494 e. The number of nitrogens with zero attached hydrogens (tertiary/aromatic N) is 1. The number of rotatable bonds is 7. The third kappa shape index (κ3) is 3.85. The number of hydrogen-bond donors (Lipinski definition) is 2. The first-order valence-corrected chi connectivity index (χ1v) is 11.0. The van der Waals surface area contributed by atoms with Gasteiger partial charge in [0.2, 0.25) is 0 Å². The van der Waals surface area contributed by atoms with Crippen molar-refractivity contribution in [2.75, 3.05) is 7.11 Å². The quantitative estimate of drug-likeness (QED) is 0.548. The first-order chi connectivity index (χ1) is 14.1. The Kier molecular flexibility index (Phi) is 5.79. The summed E-state index contributed by atoms with van der Waals surface area (Å²) in [5.74, 6) is 2.99. The summed E-state index contributed by atoms with van der Waals surface area (Å²) in [4.78, 5) is 11.5. The van der Waals surface area contributed by atoms with Gasteiger partial charge in [0.05, 0.1) is 29.9 Å². The van der Waals surface area contributed by atoms with Gasteiger partial charge in [-0.1, -0.05) is 40.0 Å². The lowest BCUT2D eigenvalue weighted by molar-refractivity contribution is 0.242. The van der Waals surface area contributed by atoms with E-state index in [2.05, 4.69) is 49.1 Å². The zero-order chi connectivity index (χ0) is 20.4. The van der Waals surface area contributed by atoms with Crippen molar-refractivity contribution in [3.05, 3.63) is 46.9 Å². The van der Waals surface area contributed by atoms with E-state index in [9.17, 15) is 0 Å². The number of unbranched alkanes of at least 4 members (excludes halogenated alkanes) is 1. The summed E-state index contributed by atoms with van der Waals surface area (Å²) >= 11 is 0. The number of hydrogen-bond acceptors (Lipinski definition) is 2. The fraction of sp³-hybridized carbons (Fsp3) is 0.480. The van der Waals surface area contributed by atoms with E-state index in [1.165, 1.54) is 36.8 Å². The van der Waals surface area contributed by atoms with Crippen LogP contribution in [0.15, 0.2) is 46.2 Å². The van der Waals surface area contributed by atoms with Crippen molar-refractivity contribution in [3.8, 4) is 17.1 Å². The van der Waals surface area contributed by atoms with Gasteiger partial charge in [0.1, 0.15) is 5.75 Å². The molecule has 0 spiro atoms. The molecule has 0 amide bonds. The van der Waals surface area contributed by atoms with Crippen molar-refractivity contribution >= 4 is 12.3 Å². The number of nitrogens with one attached hydrogen (secondary N) is 2. The number of allylic oxidation sites excluding steroid dienone is 2. The number of ether oxygens (including phenoxy) is 1. The molecule has 0 saturated heterocycles. The summed E-state index contributed by atoms with van der Waals surface area (Å²) < 4.78 is 5.62. The molecular formula is C25H33N3O. The maximum absolute atomic E-state index is 5.62. The Bertz CT molecular complexity index is 929. The Morgan fingerprint density at radius 2 is 2.21 bits per heavy atom. The molecule has 2 aromatic rings. The Hall–Kier alpha value is -2.49. The van der Waals surface area contributed by atoms with Crippen molar-refractivity contribution in [2.24, 2.45) is 22.7 Å². The summed E-state index contributed by atoms with van der Waals surface area (Å²) in [5.41, 5.74) is 7.02. The molecular weight excluding hydrogens is 358 g/mol. The second-order valence-electron chi connectivity index (χ2n) is 8.58. The molecule has 0 radical (unpaired) electrons. The average Bonchev–Trinajstić information content (AvgIpc) is 3.46. The van der Waals surface area contributed by atoms with Crippen LogP contribution in [0.5, 0.6) is 5.75 Å². The molecule has 29 heavy (non-hydrogen) atoms. The lowest BCUT2D eigenvalue weighted by Gasteiger charge is -2.34. The molecule has 3 atom stereocenters. The molecule has 2 N–H and O–H groups in total. The van der Waals surface area contributed by atoms with E-state index < -0.39 is 0 Å². The second-order valence-corrected chi connectivity index (χ2v) is 8.58. The van der Waals surface area contributed by atoms with E-state index in [-0.39, 0.29) is 0 Å². The van der Waals surface area contributed by atoms with Crippen molar-refractivity contribution in [2.45, 2.75) is 52.9 Å². The van der Waals surface area contributed by atoms with Crippen molar-refractivity contribution in [3.63, 3.8) is 0 Å². The van der Waals surface area contributed by atoms with E-state index in [0.29, 0.717) is 5.92 Å². The summed E-state index contributed by atoms with van der Waals surface area (Å²) in [5, 5.41) is 0. The first-order valence-electron chi connectivity index (χ1n) is 11.0. The summed E-state index contributed by atoms with van der Waals surface area (Å²) in [6, 6.07) is 6.10. The maximum Gasteiger partial charge on any atom is 0.144 e.